The first-order valence-corrected chi connectivity index (χ1v) is 6.86. The molecule has 106 valence electrons. The van der Waals surface area contributed by atoms with Gasteiger partial charge in [-0.3, -0.25) is 19.5 Å². The van der Waals surface area contributed by atoms with Crippen LogP contribution in [0.15, 0.2) is 29.3 Å². The van der Waals surface area contributed by atoms with Crippen molar-refractivity contribution in [2.24, 2.45) is 4.99 Å². The van der Waals surface area contributed by atoms with Crippen molar-refractivity contribution < 1.29 is 14.0 Å². The summed E-state index contributed by atoms with van der Waals surface area (Å²) < 4.78 is 13.4. The highest BCUT2D eigenvalue weighted by atomic mass is 32.2. The zero-order valence-corrected chi connectivity index (χ0v) is 11.9. The molecule has 0 aliphatic carbocycles. The van der Waals surface area contributed by atoms with Gasteiger partial charge in [-0.1, -0.05) is 23.9 Å². The second-order valence-electron chi connectivity index (χ2n) is 4.24. The molecule has 0 saturated carbocycles. The standard InChI is InChI=1S/C13H14FN3O2S/c1-15-13-17(2)12(19)10(20-13)7-11(18)16-9-6-4-3-5-8(9)14/h3-6,10H,7H2,1-2H3,(H,16,18)/t10-/m1/s1. The van der Waals surface area contributed by atoms with E-state index < -0.39 is 17.0 Å². The molecule has 0 bridgehead atoms. The summed E-state index contributed by atoms with van der Waals surface area (Å²) in [6.45, 7) is 0. The SMILES string of the molecule is CN=C1S[C@H](CC(=O)Nc2ccccc2F)C(=O)N1C. The van der Waals surface area contributed by atoms with Crippen molar-refractivity contribution in [3.63, 3.8) is 0 Å². The number of amides is 2. The summed E-state index contributed by atoms with van der Waals surface area (Å²) in [6, 6.07) is 5.91. The molecule has 0 spiro atoms. The summed E-state index contributed by atoms with van der Waals surface area (Å²) in [5.74, 6) is -1.06. The van der Waals surface area contributed by atoms with E-state index in [-0.39, 0.29) is 18.0 Å². The van der Waals surface area contributed by atoms with Crippen molar-refractivity contribution >= 4 is 34.4 Å². The maximum atomic E-state index is 13.4. The lowest BCUT2D eigenvalue weighted by Gasteiger charge is -2.09. The normalized spacial score (nSPS) is 20.6. The van der Waals surface area contributed by atoms with Crippen LogP contribution >= 0.6 is 11.8 Å². The number of hydrogen-bond donors (Lipinski definition) is 1. The van der Waals surface area contributed by atoms with Crippen LogP contribution in [0.2, 0.25) is 0 Å². The molecule has 2 rings (SSSR count). The van der Waals surface area contributed by atoms with Gasteiger partial charge in [0.1, 0.15) is 11.1 Å². The van der Waals surface area contributed by atoms with Crippen LogP contribution in [0, 0.1) is 5.82 Å². The molecular weight excluding hydrogens is 281 g/mol. The van der Waals surface area contributed by atoms with Gasteiger partial charge in [0.2, 0.25) is 11.8 Å². The third-order valence-corrected chi connectivity index (χ3v) is 4.17. The summed E-state index contributed by atoms with van der Waals surface area (Å²) in [4.78, 5) is 29.2. The maximum Gasteiger partial charge on any atom is 0.242 e. The van der Waals surface area contributed by atoms with Crippen molar-refractivity contribution in [3.8, 4) is 0 Å². The van der Waals surface area contributed by atoms with E-state index in [4.69, 9.17) is 0 Å². The van der Waals surface area contributed by atoms with Gasteiger partial charge < -0.3 is 5.32 Å². The number of thioether (sulfide) groups is 1. The van der Waals surface area contributed by atoms with Crippen LogP contribution in [0.25, 0.3) is 0 Å². The number of carbonyl (C=O) groups excluding carboxylic acids is 2. The number of aliphatic imine (C=N–C) groups is 1. The summed E-state index contributed by atoms with van der Waals surface area (Å²) >= 11 is 1.24. The molecule has 0 aromatic heterocycles. The lowest BCUT2D eigenvalue weighted by molar-refractivity contribution is -0.127. The Morgan fingerprint density at radius 2 is 2.20 bits per heavy atom. The Morgan fingerprint density at radius 3 is 2.80 bits per heavy atom. The molecule has 0 unspecified atom stereocenters. The highest BCUT2D eigenvalue weighted by Gasteiger charge is 2.36. The minimum Gasteiger partial charge on any atom is -0.324 e. The molecular formula is C13H14FN3O2S. The number of hydrogen-bond acceptors (Lipinski definition) is 4. The molecule has 1 fully saturated rings. The van der Waals surface area contributed by atoms with Gasteiger partial charge in [-0.15, -0.1) is 0 Å². The fraction of sp³-hybridized carbons (Fsp3) is 0.308. The summed E-state index contributed by atoms with van der Waals surface area (Å²) in [6.07, 6.45) is -0.0127. The van der Waals surface area contributed by atoms with Gasteiger partial charge in [-0.2, -0.15) is 0 Å². The zero-order chi connectivity index (χ0) is 14.7. The monoisotopic (exact) mass is 295 g/mol. The zero-order valence-electron chi connectivity index (χ0n) is 11.1. The van der Waals surface area contributed by atoms with E-state index in [9.17, 15) is 14.0 Å². The Hall–Kier alpha value is -1.89. The number of para-hydroxylation sites is 1. The number of carbonyl (C=O) groups is 2. The molecule has 0 radical (unpaired) electrons. The molecule has 1 aliphatic heterocycles. The Labute approximate surface area is 120 Å². The van der Waals surface area contributed by atoms with Gasteiger partial charge in [-0.25, -0.2) is 4.39 Å². The minimum absolute atomic E-state index is 0.0127. The van der Waals surface area contributed by atoms with Crippen LogP contribution in [0.3, 0.4) is 0 Å². The van der Waals surface area contributed by atoms with E-state index >= 15 is 0 Å². The molecule has 1 aliphatic rings. The van der Waals surface area contributed by atoms with E-state index in [1.165, 1.54) is 28.8 Å². The number of rotatable bonds is 3. The van der Waals surface area contributed by atoms with Crippen molar-refractivity contribution in [3.05, 3.63) is 30.1 Å². The molecule has 1 heterocycles. The average molecular weight is 295 g/mol. The molecule has 1 saturated heterocycles. The van der Waals surface area contributed by atoms with Crippen LogP contribution in [-0.2, 0) is 9.59 Å². The predicted octanol–water partition coefficient (Wildman–Crippen LogP) is 1.71. The van der Waals surface area contributed by atoms with Crippen molar-refractivity contribution in [1.82, 2.24) is 4.90 Å². The minimum atomic E-state index is -0.509. The predicted molar refractivity (Wildman–Crippen MR) is 77.2 cm³/mol. The fourth-order valence-corrected chi connectivity index (χ4v) is 2.93. The number of anilines is 1. The third kappa shape index (κ3) is 2.98. The first-order valence-electron chi connectivity index (χ1n) is 5.98. The smallest absolute Gasteiger partial charge is 0.242 e. The lowest BCUT2D eigenvalue weighted by atomic mass is 10.2. The number of nitrogens with zero attached hydrogens (tertiary/aromatic N) is 2. The summed E-state index contributed by atoms with van der Waals surface area (Å²) in [7, 11) is 3.21. The van der Waals surface area contributed by atoms with Gasteiger partial charge in [0.25, 0.3) is 0 Å². The molecule has 1 aromatic rings. The first kappa shape index (κ1) is 14.5. The maximum absolute atomic E-state index is 13.4. The van der Waals surface area contributed by atoms with E-state index in [1.54, 1.807) is 26.2 Å². The number of nitrogens with one attached hydrogen (secondary N) is 1. The second kappa shape index (κ2) is 6.04. The van der Waals surface area contributed by atoms with Gasteiger partial charge in [0.05, 0.1) is 5.69 Å². The molecule has 20 heavy (non-hydrogen) atoms. The molecule has 7 heteroatoms. The van der Waals surface area contributed by atoms with Crippen molar-refractivity contribution in [2.45, 2.75) is 11.7 Å². The van der Waals surface area contributed by atoms with Crippen LogP contribution in [-0.4, -0.2) is 41.2 Å². The fourth-order valence-electron chi connectivity index (χ4n) is 1.83. The average Bonchev–Trinajstić information content (AvgIpc) is 2.69. The Balaban J connectivity index is 1.99. The summed E-state index contributed by atoms with van der Waals surface area (Å²) in [5, 5.41) is 2.54. The lowest BCUT2D eigenvalue weighted by Crippen LogP contribution is -2.30. The van der Waals surface area contributed by atoms with Crippen LogP contribution in [0.5, 0.6) is 0 Å². The molecule has 5 nitrogen and oxygen atoms in total. The highest BCUT2D eigenvalue weighted by molar-refractivity contribution is 8.15. The van der Waals surface area contributed by atoms with Crippen molar-refractivity contribution in [1.29, 1.82) is 0 Å². The Kier molecular flexibility index (Phi) is 4.39. The molecule has 1 atom stereocenters. The van der Waals surface area contributed by atoms with Crippen LogP contribution in [0.4, 0.5) is 10.1 Å². The Morgan fingerprint density at radius 1 is 1.50 bits per heavy atom. The van der Waals surface area contributed by atoms with Crippen LogP contribution < -0.4 is 5.32 Å². The van der Waals surface area contributed by atoms with E-state index in [0.717, 1.165) is 0 Å². The van der Waals surface area contributed by atoms with Crippen molar-refractivity contribution in [2.75, 3.05) is 19.4 Å². The van der Waals surface area contributed by atoms with E-state index in [2.05, 4.69) is 10.3 Å². The van der Waals surface area contributed by atoms with Gasteiger partial charge in [-0.05, 0) is 12.1 Å². The van der Waals surface area contributed by atoms with Gasteiger partial charge in [0.15, 0.2) is 5.17 Å². The summed E-state index contributed by atoms with van der Waals surface area (Å²) in [5.41, 5.74) is 0.116. The molecule has 1 aromatic carbocycles. The number of amidine groups is 1. The topological polar surface area (TPSA) is 61.8 Å². The highest BCUT2D eigenvalue weighted by Crippen LogP contribution is 2.28. The van der Waals surface area contributed by atoms with E-state index in [1.807, 2.05) is 0 Å². The largest absolute Gasteiger partial charge is 0.324 e. The van der Waals surface area contributed by atoms with E-state index in [0.29, 0.717) is 5.17 Å². The van der Waals surface area contributed by atoms with Crippen LogP contribution in [0.1, 0.15) is 6.42 Å². The number of halogens is 1. The van der Waals surface area contributed by atoms with Gasteiger partial charge in [0, 0.05) is 20.5 Å². The van der Waals surface area contributed by atoms with Gasteiger partial charge >= 0.3 is 0 Å². The second-order valence-corrected chi connectivity index (χ2v) is 5.41. The Bertz CT molecular complexity index is 576. The third-order valence-electron chi connectivity index (χ3n) is 2.85. The quantitative estimate of drug-likeness (QED) is 0.923. The molecule has 2 amide bonds. The first-order chi connectivity index (χ1) is 9.52. The number of benzene rings is 1. The molecule has 1 N–H and O–H groups in total.